The largest absolute Gasteiger partial charge is 0.494 e. The summed E-state index contributed by atoms with van der Waals surface area (Å²) in [6, 6.07) is 7.96. The van der Waals surface area contributed by atoms with Crippen molar-refractivity contribution in [2.45, 2.75) is 33.1 Å². The van der Waals surface area contributed by atoms with Gasteiger partial charge in [0.15, 0.2) is 0 Å². The Morgan fingerprint density at radius 3 is 2.93 bits per heavy atom. The molecule has 2 heterocycles. The first-order chi connectivity index (χ1) is 13.1. The van der Waals surface area contributed by atoms with Crippen molar-refractivity contribution >= 4 is 28.3 Å². The van der Waals surface area contributed by atoms with Crippen LogP contribution in [0.25, 0.3) is 0 Å². The molecule has 2 amide bonds. The summed E-state index contributed by atoms with van der Waals surface area (Å²) in [5, 5.41) is 12.3. The number of ether oxygens (including phenoxy) is 1. The first-order valence-electron chi connectivity index (χ1n) is 9.17. The zero-order valence-electron chi connectivity index (χ0n) is 15.6. The molecule has 0 spiro atoms. The lowest BCUT2D eigenvalue weighted by Gasteiger charge is -2.13. The average Bonchev–Trinajstić information content (AvgIpc) is 3.25. The Morgan fingerprint density at radius 1 is 1.37 bits per heavy atom. The number of carbonyl (C=O) groups excluding carboxylic acids is 2. The van der Waals surface area contributed by atoms with E-state index in [0.717, 1.165) is 29.2 Å². The van der Waals surface area contributed by atoms with E-state index in [1.807, 2.05) is 38.1 Å². The highest BCUT2D eigenvalue weighted by atomic mass is 32.1. The second kappa shape index (κ2) is 8.94. The minimum Gasteiger partial charge on any atom is -0.494 e. The third kappa shape index (κ3) is 4.82. The lowest BCUT2D eigenvalue weighted by Crippen LogP contribution is -2.33. The molecular formula is C19H24N4O3S. The van der Waals surface area contributed by atoms with E-state index in [4.69, 9.17) is 4.74 Å². The van der Waals surface area contributed by atoms with Gasteiger partial charge in [-0.05, 0) is 38.3 Å². The second-order valence-electron chi connectivity index (χ2n) is 6.44. The van der Waals surface area contributed by atoms with Crippen LogP contribution < -0.4 is 15.0 Å². The van der Waals surface area contributed by atoms with Crippen molar-refractivity contribution in [3.05, 3.63) is 34.8 Å². The van der Waals surface area contributed by atoms with Gasteiger partial charge >= 0.3 is 0 Å². The maximum atomic E-state index is 12.4. The van der Waals surface area contributed by atoms with E-state index < -0.39 is 0 Å². The molecule has 0 saturated carbocycles. The molecule has 1 aromatic heterocycles. The summed E-state index contributed by atoms with van der Waals surface area (Å²) in [5.74, 6) is 0.412. The molecule has 144 valence electrons. The van der Waals surface area contributed by atoms with Crippen LogP contribution in [0.15, 0.2) is 24.3 Å². The molecule has 0 aliphatic carbocycles. The Balaban J connectivity index is 1.46. The number of anilines is 1. The average molecular weight is 388 g/mol. The van der Waals surface area contributed by atoms with Gasteiger partial charge < -0.3 is 10.1 Å². The molecule has 0 radical (unpaired) electrons. The predicted octanol–water partition coefficient (Wildman–Crippen LogP) is 2.35. The van der Waals surface area contributed by atoms with E-state index >= 15 is 0 Å². The van der Waals surface area contributed by atoms with Gasteiger partial charge in [-0.25, -0.2) is 0 Å². The smallest absolute Gasteiger partial charge is 0.229 e. The third-order valence-electron chi connectivity index (χ3n) is 4.44. The van der Waals surface area contributed by atoms with Gasteiger partial charge in [-0.15, -0.1) is 10.2 Å². The molecular weight excluding hydrogens is 364 g/mol. The number of nitrogens with one attached hydrogen (secondary N) is 1. The van der Waals surface area contributed by atoms with E-state index in [1.165, 1.54) is 11.3 Å². The minimum absolute atomic E-state index is 0.0723. The number of amides is 2. The zero-order valence-corrected chi connectivity index (χ0v) is 16.4. The summed E-state index contributed by atoms with van der Waals surface area (Å²) in [5.41, 5.74) is 1.14. The van der Waals surface area contributed by atoms with Crippen molar-refractivity contribution in [1.29, 1.82) is 0 Å². The van der Waals surface area contributed by atoms with Gasteiger partial charge in [0.2, 0.25) is 16.9 Å². The van der Waals surface area contributed by atoms with Gasteiger partial charge in [0.25, 0.3) is 0 Å². The fraction of sp³-hybridized carbons (Fsp3) is 0.474. The summed E-state index contributed by atoms with van der Waals surface area (Å²) in [6.07, 6.45) is 1.86. The van der Waals surface area contributed by atoms with Crippen LogP contribution >= 0.6 is 11.3 Å². The number of hydrogen-bond acceptors (Lipinski definition) is 6. The quantitative estimate of drug-likeness (QED) is 0.702. The number of aromatic nitrogens is 2. The van der Waals surface area contributed by atoms with Crippen molar-refractivity contribution < 1.29 is 14.3 Å². The molecule has 1 atom stereocenters. The second-order valence-corrected chi connectivity index (χ2v) is 7.60. The van der Waals surface area contributed by atoms with Gasteiger partial charge in [0.1, 0.15) is 10.8 Å². The molecule has 1 aliphatic rings. The lowest BCUT2D eigenvalue weighted by molar-refractivity contribution is -0.126. The van der Waals surface area contributed by atoms with Crippen LogP contribution in [-0.2, 0) is 16.0 Å². The molecule has 3 rings (SSSR count). The molecule has 27 heavy (non-hydrogen) atoms. The molecule has 0 bridgehead atoms. The van der Waals surface area contributed by atoms with Crippen LogP contribution in [-0.4, -0.2) is 41.7 Å². The van der Waals surface area contributed by atoms with E-state index in [9.17, 15) is 9.59 Å². The molecule has 7 nitrogen and oxygen atoms in total. The van der Waals surface area contributed by atoms with Gasteiger partial charge in [0.05, 0.1) is 12.5 Å². The van der Waals surface area contributed by atoms with Crippen LogP contribution in [0.2, 0.25) is 0 Å². The minimum atomic E-state index is -0.336. The number of benzene rings is 1. The third-order valence-corrected chi connectivity index (χ3v) is 5.30. The predicted molar refractivity (Wildman–Crippen MR) is 104 cm³/mol. The number of hydrogen-bond donors (Lipinski definition) is 1. The standard InChI is InChI=1S/C19H24N4O3S/c1-3-26-16-9-5-4-7-14(16)8-6-10-20-18(25)15-11-17(24)23(12-15)19-22-21-13(2)27-19/h4-5,7,9,15H,3,6,8,10-12H2,1-2H3,(H,20,25). The molecule has 1 N–H and O–H groups in total. The molecule has 1 aromatic carbocycles. The van der Waals surface area contributed by atoms with E-state index in [0.29, 0.717) is 24.8 Å². The number of aryl methyl sites for hydroxylation is 2. The highest BCUT2D eigenvalue weighted by Crippen LogP contribution is 2.27. The zero-order chi connectivity index (χ0) is 19.2. The van der Waals surface area contributed by atoms with Crippen LogP contribution in [0, 0.1) is 12.8 Å². The Morgan fingerprint density at radius 2 is 2.19 bits per heavy atom. The summed E-state index contributed by atoms with van der Waals surface area (Å²) >= 11 is 1.37. The number of nitrogens with zero attached hydrogens (tertiary/aromatic N) is 3. The molecule has 1 fully saturated rings. The Kier molecular flexibility index (Phi) is 6.39. The van der Waals surface area contributed by atoms with Crippen LogP contribution in [0.3, 0.4) is 0 Å². The molecule has 1 aliphatic heterocycles. The van der Waals surface area contributed by atoms with Gasteiger partial charge in [-0.3, -0.25) is 14.5 Å². The topological polar surface area (TPSA) is 84.4 Å². The van der Waals surface area contributed by atoms with Crippen LogP contribution in [0.4, 0.5) is 5.13 Å². The van der Waals surface area contributed by atoms with E-state index in [-0.39, 0.29) is 24.2 Å². The summed E-state index contributed by atoms with van der Waals surface area (Å²) < 4.78 is 5.62. The molecule has 1 unspecified atom stereocenters. The maximum absolute atomic E-state index is 12.4. The van der Waals surface area contributed by atoms with Crippen molar-refractivity contribution in [2.75, 3.05) is 24.6 Å². The summed E-state index contributed by atoms with van der Waals surface area (Å²) in [7, 11) is 0. The lowest BCUT2D eigenvalue weighted by atomic mass is 10.1. The Bertz CT molecular complexity index is 808. The highest BCUT2D eigenvalue weighted by Gasteiger charge is 2.36. The first-order valence-corrected chi connectivity index (χ1v) is 9.99. The first kappa shape index (κ1) is 19.3. The Labute approximate surface area is 162 Å². The van der Waals surface area contributed by atoms with Crippen molar-refractivity contribution in [1.82, 2.24) is 15.5 Å². The number of rotatable bonds is 8. The van der Waals surface area contributed by atoms with Crippen molar-refractivity contribution in [3.8, 4) is 5.75 Å². The van der Waals surface area contributed by atoms with E-state index in [1.54, 1.807) is 4.90 Å². The van der Waals surface area contributed by atoms with Crippen molar-refractivity contribution in [2.24, 2.45) is 5.92 Å². The molecule has 2 aromatic rings. The van der Waals surface area contributed by atoms with Crippen LogP contribution in [0.5, 0.6) is 5.75 Å². The fourth-order valence-corrected chi connectivity index (χ4v) is 3.82. The summed E-state index contributed by atoms with van der Waals surface area (Å²) in [4.78, 5) is 26.2. The van der Waals surface area contributed by atoms with Gasteiger partial charge in [-0.2, -0.15) is 0 Å². The van der Waals surface area contributed by atoms with Gasteiger partial charge in [0, 0.05) is 19.5 Å². The van der Waals surface area contributed by atoms with Crippen molar-refractivity contribution in [3.63, 3.8) is 0 Å². The fourth-order valence-electron chi connectivity index (χ4n) is 3.10. The highest BCUT2D eigenvalue weighted by molar-refractivity contribution is 7.15. The maximum Gasteiger partial charge on any atom is 0.229 e. The monoisotopic (exact) mass is 388 g/mol. The Hall–Kier alpha value is -2.48. The normalized spacial score (nSPS) is 16.6. The SMILES string of the molecule is CCOc1ccccc1CCCNC(=O)C1CC(=O)N(c2nnc(C)s2)C1. The molecule has 8 heteroatoms. The van der Waals surface area contributed by atoms with Crippen LogP contribution in [0.1, 0.15) is 30.3 Å². The van der Waals surface area contributed by atoms with E-state index in [2.05, 4.69) is 15.5 Å². The van der Waals surface area contributed by atoms with Gasteiger partial charge in [-0.1, -0.05) is 29.5 Å². The summed E-state index contributed by atoms with van der Waals surface area (Å²) in [6.45, 7) is 5.38. The number of carbonyl (C=O) groups is 2. The number of para-hydroxylation sites is 1. The molecule has 1 saturated heterocycles.